The molecule has 1 N–H and O–H groups in total. The fourth-order valence-electron chi connectivity index (χ4n) is 2.44. The van der Waals surface area contributed by atoms with Gasteiger partial charge in [-0.2, -0.15) is 0 Å². The average Bonchev–Trinajstić information content (AvgIpc) is 2.59. The first-order chi connectivity index (χ1) is 11.6. The largest absolute Gasteiger partial charge is 0.488 e. The number of ether oxygens (including phenoxy) is 3. The Hall–Kier alpha value is -1.66. The summed E-state index contributed by atoms with van der Waals surface area (Å²) in [5.74, 6) is -0.451. The van der Waals surface area contributed by atoms with Gasteiger partial charge in [0, 0.05) is 6.61 Å². The average molecular weight is 339 g/mol. The number of rotatable bonds is 8. The highest BCUT2D eigenvalue weighted by molar-refractivity contribution is 5.80. The van der Waals surface area contributed by atoms with Gasteiger partial charge in [0.1, 0.15) is 12.7 Å². The van der Waals surface area contributed by atoms with Crippen molar-refractivity contribution in [2.45, 2.75) is 51.4 Å². The molecule has 1 saturated heterocycles. The third kappa shape index (κ3) is 6.09. The molecule has 0 saturated carbocycles. The Balaban J connectivity index is 1.67. The number of carbonyl (C=O) groups is 1. The molecule has 1 aromatic carbocycles. The molecule has 3 atom stereocenters. The van der Waals surface area contributed by atoms with Gasteiger partial charge in [-0.25, -0.2) is 4.39 Å². The van der Waals surface area contributed by atoms with Crippen LogP contribution in [-0.4, -0.2) is 44.0 Å². The van der Waals surface area contributed by atoms with Crippen molar-refractivity contribution in [1.29, 1.82) is 0 Å². The minimum atomic E-state index is -0.563. The third-order valence-corrected chi connectivity index (χ3v) is 3.89. The minimum Gasteiger partial charge on any atom is -0.488 e. The highest BCUT2D eigenvalue weighted by atomic mass is 19.1. The number of amides is 1. The van der Waals surface area contributed by atoms with Gasteiger partial charge in [-0.15, -0.1) is 0 Å². The lowest BCUT2D eigenvalue weighted by atomic mass is 10.1. The Bertz CT molecular complexity index is 519. The van der Waals surface area contributed by atoms with Crippen LogP contribution in [0.2, 0.25) is 0 Å². The quantitative estimate of drug-likeness (QED) is 0.791. The second-order valence-electron chi connectivity index (χ2n) is 6.12. The molecule has 1 aromatic rings. The van der Waals surface area contributed by atoms with Gasteiger partial charge in [0.2, 0.25) is 5.91 Å². The minimum absolute atomic E-state index is 0.0795. The number of benzene rings is 1. The lowest BCUT2D eigenvalue weighted by Crippen LogP contribution is -2.43. The molecule has 0 radical (unpaired) electrons. The fourth-order valence-corrected chi connectivity index (χ4v) is 2.44. The monoisotopic (exact) mass is 339 g/mol. The van der Waals surface area contributed by atoms with Gasteiger partial charge in [-0.05, 0) is 45.2 Å². The van der Waals surface area contributed by atoms with E-state index in [1.54, 1.807) is 32.0 Å². The molecule has 1 heterocycles. The lowest BCUT2D eigenvalue weighted by molar-refractivity contribution is -0.136. The van der Waals surface area contributed by atoms with E-state index in [0.717, 1.165) is 25.9 Å². The highest BCUT2D eigenvalue weighted by Crippen LogP contribution is 2.15. The predicted molar refractivity (Wildman–Crippen MR) is 88.5 cm³/mol. The van der Waals surface area contributed by atoms with Crippen molar-refractivity contribution in [2.75, 3.05) is 19.8 Å². The van der Waals surface area contributed by atoms with Gasteiger partial charge < -0.3 is 19.5 Å². The maximum atomic E-state index is 13.5. The molecule has 24 heavy (non-hydrogen) atoms. The molecule has 0 aromatic heterocycles. The summed E-state index contributed by atoms with van der Waals surface area (Å²) in [5, 5.41) is 2.80. The Labute approximate surface area is 142 Å². The van der Waals surface area contributed by atoms with Gasteiger partial charge in [0.25, 0.3) is 0 Å². The van der Waals surface area contributed by atoms with Gasteiger partial charge in [0.05, 0.1) is 18.8 Å². The molecule has 0 unspecified atom stereocenters. The van der Waals surface area contributed by atoms with Crippen LogP contribution in [0.25, 0.3) is 0 Å². The Morgan fingerprint density at radius 3 is 2.88 bits per heavy atom. The summed E-state index contributed by atoms with van der Waals surface area (Å²) in [6, 6.07) is 5.93. The van der Waals surface area contributed by atoms with E-state index in [4.69, 9.17) is 14.2 Å². The van der Waals surface area contributed by atoms with E-state index in [9.17, 15) is 9.18 Å². The van der Waals surface area contributed by atoms with Crippen LogP contribution in [-0.2, 0) is 14.3 Å². The first kappa shape index (κ1) is 18.7. The van der Waals surface area contributed by atoms with Gasteiger partial charge in [-0.3, -0.25) is 4.79 Å². The SMILES string of the molecule is C[C@H](COc1ccccc1F)NC(=O)[C@@H](C)OC[C@H]1CCCCO1. The zero-order chi connectivity index (χ0) is 17.4. The summed E-state index contributed by atoms with van der Waals surface area (Å²) < 4.78 is 30.0. The van der Waals surface area contributed by atoms with Crippen LogP contribution >= 0.6 is 0 Å². The van der Waals surface area contributed by atoms with Crippen molar-refractivity contribution in [1.82, 2.24) is 5.32 Å². The molecule has 1 fully saturated rings. The molecule has 6 heteroatoms. The molecule has 0 spiro atoms. The van der Waals surface area contributed by atoms with E-state index in [0.29, 0.717) is 6.61 Å². The standard InChI is InChI=1S/C18H26FNO4/c1-13(11-24-17-9-4-3-8-16(17)19)20-18(21)14(2)23-12-15-7-5-6-10-22-15/h3-4,8-9,13-15H,5-7,10-12H2,1-2H3,(H,20,21)/t13-,14-,15-/m1/s1. The molecular weight excluding hydrogens is 313 g/mol. The Morgan fingerprint density at radius 2 is 2.17 bits per heavy atom. The first-order valence-corrected chi connectivity index (χ1v) is 8.47. The third-order valence-electron chi connectivity index (χ3n) is 3.89. The van der Waals surface area contributed by atoms with Gasteiger partial charge in [0.15, 0.2) is 11.6 Å². The van der Waals surface area contributed by atoms with Crippen LogP contribution in [0, 0.1) is 5.82 Å². The number of para-hydroxylation sites is 1. The fraction of sp³-hybridized carbons (Fsp3) is 0.611. The Kier molecular flexibility index (Phi) is 7.46. The molecule has 0 bridgehead atoms. The number of hydrogen-bond acceptors (Lipinski definition) is 4. The molecule has 1 aliphatic heterocycles. The van der Waals surface area contributed by atoms with Crippen molar-refractivity contribution in [3.8, 4) is 5.75 Å². The molecule has 1 aliphatic rings. The van der Waals surface area contributed by atoms with Gasteiger partial charge >= 0.3 is 0 Å². The summed E-state index contributed by atoms with van der Waals surface area (Å²) in [6.45, 7) is 4.89. The topological polar surface area (TPSA) is 56.8 Å². The highest BCUT2D eigenvalue weighted by Gasteiger charge is 2.20. The zero-order valence-corrected chi connectivity index (χ0v) is 14.3. The summed E-state index contributed by atoms with van der Waals surface area (Å²) in [5.41, 5.74) is 0. The van der Waals surface area contributed by atoms with E-state index < -0.39 is 11.9 Å². The Morgan fingerprint density at radius 1 is 1.38 bits per heavy atom. The normalized spacial score (nSPS) is 20.2. The summed E-state index contributed by atoms with van der Waals surface area (Å²) in [6.07, 6.45) is 2.72. The predicted octanol–water partition coefficient (Wildman–Crippen LogP) is 2.68. The van der Waals surface area contributed by atoms with Crippen molar-refractivity contribution < 1.29 is 23.4 Å². The van der Waals surface area contributed by atoms with Crippen LogP contribution < -0.4 is 10.1 Å². The summed E-state index contributed by atoms with van der Waals surface area (Å²) in [4.78, 5) is 12.1. The summed E-state index contributed by atoms with van der Waals surface area (Å²) >= 11 is 0. The van der Waals surface area contributed by atoms with Crippen LogP contribution in [0.4, 0.5) is 4.39 Å². The number of nitrogens with one attached hydrogen (secondary N) is 1. The van der Waals surface area contributed by atoms with Crippen molar-refractivity contribution in [3.63, 3.8) is 0 Å². The van der Waals surface area contributed by atoms with Crippen molar-refractivity contribution in [2.24, 2.45) is 0 Å². The van der Waals surface area contributed by atoms with Crippen molar-refractivity contribution in [3.05, 3.63) is 30.1 Å². The first-order valence-electron chi connectivity index (χ1n) is 8.47. The molecule has 134 valence electrons. The van der Waals surface area contributed by atoms with Crippen LogP contribution in [0.15, 0.2) is 24.3 Å². The van der Waals surface area contributed by atoms with Crippen LogP contribution in [0.3, 0.4) is 0 Å². The molecule has 2 rings (SSSR count). The smallest absolute Gasteiger partial charge is 0.249 e. The molecule has 1 amide bonds. The van der Waals surface area contributed by atoms with E-state index in [2.05, 4.69) is 5.32 Å². The number of halogens is 1. The number of hydrogen-bond donors (Lipinski definition) is 1. The van der Waals surface area contributed by atoms with Gasteiger partial charge in [-0.1, -0.05) is 12.1 Å². The maximum Gasteiger partial charge on any atom is 0.249 e. The van der Waals surface area contributed by atoms with E-state index in [1.165, 1.54) is 6.07 Å². The zero-order valence-electron chi connectivity index (χ0n) is 14.3. The molecular formula is C18H26FNO4. The lowest BCUT2D eigenvalue weighted by Gasteiger charge is -2.24. The van der Waals surface area contributed by atoms with Crippen LogP contribution in [0.5, 0.6) is 5.75 Å². The van der Waals surface area contributed by atoms with E-state index >= 15 is 0 Å². The number of carbonyl (C=O) groups excluding carboxylic acids is 1. The van der Waals surface area contributed by atoms with E-state index in [1.807, 2.05) is 0 Å². The maximum absolute atomic E-state index is 13.5. The van der Waals surface area contributed by atoms with E-state index in [-0.39, 0.29) is 30.4 Å². The second kappa shape index (κ2) is 9.59. The van der Waals surface area contributed by atoms with Crippen molar-refractivity contribution >= 4 is 5.91 Å². The second-order valence-corrected chi connectivity index (χ2v) is 6.12. The molecule has 0 aliphatic carbocycles. The van der Waals surface area contributed by atoms with Crippen LogP contribution in [0.1, 0.15) is 33.1 Å². The summed E-state index contributed by atoms with van der Waals surface area (Å²) in [7, 11) is 0. The molecule has 5 nitrogen and oxygen atoms in total.